The maximum Gasteiger partial charge on any atom is 0.315 e. The van der Waals surface area contributed by atoms with Gasteiger partial charge in [0, 0.05) is 18.0 Å². The predicted molar refractivity (Wildman–Crippen MR) is 99.8 cm³/mol. The second-order valence-electron chi connectivity index (χ2n) is 6.98. The van der Waals surface area contributed by atoms with Crippen molar-refractivity contribution >= 4 is 12.0 Å². The standard InChI is InChI=1S/C21H23FN2O3/c22-18-9-5-4-8-17(18)21(12-13-21)24-20(27)23-16(10-11-19(25)26)14-15-6-2-1-3-7-15/h1-9,16H,10-14H2,(H,25,26)(H2,23,24,27). The average Bonchev–Trinajstić information content (AvgIpc) is 3.41. The van der Waals surface area contributed by atoms with Crippen LogP contribution in [0.2, 0.25) is 0 Å². The minimum atomic E-state index is -0.903. The number of benzene rings is 2. The Morgan fingerprint density at radius 1 is 1.07 bits per heavy atom. The van der Waals surface area contributed by atoms with Crippen LogP contribution in [0.5, 0.6) is 0 Å². The van der Waals surface area contributed by atoms with Gasteiger partial charge in [0.1, 0.15) is 5.82 Å². The Balaban J connectivity index is 1.65. The van der Waals surface area contributed by atoms with E-state index >= 15 is 0 Å². The lowest BCUT2D eigenvalue weighted by atomic mass is 10.0. The fraction of sp³-hybridized carbons (Fsp3) is 0.333. The van der Waals surface area contributed by atoms with E-state index in [1.807, 2.05) is 30.3 Å². The van der Waals surface area contributed by atoms with Crippen LogP contribution in [0.3, 0.4) is 0 Å². The van der Waals surface area contributed by atoms with Crippen LogP contribution < -0.4 is 10.6 Å². The van der Waals surface area contributed by atoms with Gasteiger partial charge in [0.05, 0.1) is 5.54 Å². The minimum absolute atomic E-state index is 0.0315. The number of carboxylic acids is 1. The largest absolute Gasteiger partial charge is 0.481 e. The molecule has 1 aliphatic rings. The molecular formula is C21H23FN2O3. The van der Waals surface area contributed by atoms with E-state index in [1.165, 1.54) is 6.07 Å². The van der Waals surface area contributed by atoms with E-state index in [0.29, 0.717) is 31.2 Å². The molecule has 6 heteroatoms. The van der Waals surface area contributed by atoms with E-state index in [0.717, 1.165) is 5.56 Å². The summed E-state index contributed by atoms with van der Waals surface area (Å²) in [6.45, 7) is 0. The first-order valence-corrected chi connectivity index (χ1v) is 9.08. The van der Waals surface area contributed by atoms with Gasteiger partial charge >= 0.3 is 12.0 Å². The topological polar surface area (TPSA) is 78.4 Å². The van der Waals surface area contributed by atoms with Gasteiger partial charge in [0.2, 0.25) is 0 Å². The second-order valence-corrected chi connectivity index (χ2v) is 6.98. The van der Waals surface area contributed by atoms with Gasteiger partial charge in [-0.3, -0.25) is 4.79 Å². The van der Waals surface area contributed by atoms with Crippen LogP contribution in [0.1, 0.15) is 36.8 Å². The van der Waals surface area contributed by atoms with E-state index in [2.05, 4.69) is 10.6 Å². The smallest absolute Gasteiger partial charge is 0.315 e. The van der Waals surface area contributed by atoms with Gasteiger partial charge in [-0.1, -0.05) is 48.5 Å². The van der Waals surface area contributed by atoms with Gasteiger partial charge in [-0.2, -0.15) is 0 Å². The number of carboxylic acid groups (broad SMARTS) is 1. The third-order valence-electron chi connectivity index (χ3n) is 4.86. The molecule has 1 unspecified atom stereocenters. The van der Waals surface area contributed by atoms with E-state index in [9.17, 15) is 14.0 Å². The molecule has 5 nitrogen and oxygen atoms in total. The van der Waals surface area contributed by atoms with E-state index in [1.54, 1.807) is 18.2 Å². The van der Waals surface area contributed by atoms with Gasteiger partial charge in [-0.15, -0.1) is 0 Å². The lowest BCUT2D eigenvalue weighted by molar-refractivity contribution is -0.137. The van der Waals surface area contributed by atoms with Crippen molar-refractivity contribution in [2.45, 2.75) is 43.7 Å². The minimum Gasteiger partial charge on any atom is -0.481 e. The second kappa shape index (κ2) is 8.20. The third kappa shape index (κ3) is 5.06. The highest BCUT2D eigenvalue weighted by Crippen LogP contribution is 2.46. The summed E-state index contributed by atoms with van der Waals surface area (Å²) in [5, 5.41) is 14.7. The van der Waals surface area contributed by atoms with Crippen LogP contribution in [-0.4, -0.2) is 23.1 Å². The van der Waals surface area contributed by atoms with Crippen molar-refractivity contribution in [3.63, 3.8) is 0 Å². The Hall–Kier alpha value is -2.89. The normalized spacial score (nSPS) is 15.6. The SMILES string of the molecule is O=C(O)CCC(Cc1ccccc1)NC(=O)NC1(c2ccccc2F)CC1. The van der Waals surface area contributed by atoms with Gasteiger partial charge < -0.3 is 15.7 Å². The summed E-state index contributed by atoms with van der Waals surface area (Å²) < 4.78 is 14.1. The Bertz CT molecular complexity index is 806. The number of urea groups is 1. The number of carbonyl (C=O) groups is 2. The fourth-order valence-electron chi connectivity index (χ4n) is 3.30. The number of amides is 2. The molecule has 1 aliphatic carbocycles. The molecule has 1 fully saturated rings. The molecule has 0 aromatic heterocycles. The molecule has 0 radical (unpaired) electrons. The fourth-order valence-corrected chi connectivity index (χ4v) is 3.30. The number of rotatable bonds is 8. The van der Waals surface area contributed by atoms with Crippen molar-refractivity contribution in [2.24, 2.45) is 0 Å². The summed E-state index contributed by atoms with van der Waals surface area (Å²) in [7, 11) is 0. The Morgan fingerprint density at radius 2 is 1.74 bits per heavy atom. The number of halogens is 1. The molecule has 2 aromatic carbocycles. The number of nitrogens with one attached hydrogen (secondary N) is 2. The van der Waals surface area contributed by atoms with Gasteiger partial charge in [-0.25, -0.2) is 9.18 Å². The van der Waals surface area contributed by atoms with Gasteiger partial charge in [0.15, 0.2) is 0 Å². The highest BCUT2D eigenvalue weighted by Gasteiger charge is 2.47. The average molecular weight is 370 g/mol. The molecule has 2 aromatic rings. The monoisotopic (exact) mass is 370 g/mol. The molecule has 1 saturated carbocycles. The molecule has 142 valence electrons. The molecule has 1 atom stereocenters. The molecular weight excluding hydrogens is 347 g/mol. The summed E-state index contributed by atoms with van der Waals surface area (Å²) >= 11 is 0. The van der Waals surface area contributed by atoms with E-state index in [-0.39, 0.29) is 18.3 Å². The van der Waals surface area contributed by atoms with Crippen molar-refractivity contribution in [1.29, 1.82) is 0 Å². The zero-order chi connectivity index (χ0) is 19.3. The maximum atomic E-state index is 14.1. The Morgan fingerprint density at radius 3 is 2.37 bits per heavy atom. The van der Waals surface area contributed by atoms with Gasteiger partial charge in [-0.05, 0) is 37.3 Å². The summed E-state index contributed by atoms with van der Waals surface area (Å²) in [5.74, 6) is -1.23. The van der Waals surface area contributed by atoms with E-state index in [4.69, 9.17) is 5.11 Å². The molecule has 3 N–H and O–H groups in total. The lowest BCUT2D eigenvalue weighted by Gasteiger charge is -2.23. The summed E-state index contributed by atoms with van der Waals surface area (Å²) in [6, 6.07) is 15.3. The summed E-state index contributed by atoms with van der Waals surface area (Å²) in [6.07, 6.45) is 2.19. The molecule has 3 rings (SSSR count). The van der Waals surface area contributed by atoms with Crippen LogP contribution >= 0.6 is 0 Å². The molecule has 27 heavy (non-hydrogen) atoms. The van der Waals surface area contributed by atoms with E-state index < -0.39 is 17.5 Å². The van der Waals surface area contributed by atoms with Crippen LogP contribution in [0.4, 0.5) is 9.18 Å². The van der Waals surface area contributed by atoms with Crippen LogP contribution in [0, 0.1) is 5.82 Å². The number of hydrogen-bond donors (Lipinski definition) is 3. The zero-order valence-electron chi connectivity index (χ0n) is 15.0. The van der Waals surface area contributed by atoms with Crippen LogP contribution in [0.15, 0.2) is 54.6 Å². The highest BCUT2D eigenvalue weighted by molar-refractivity contribution is 5.76. The summed E-state index contributed by atoms with van der Waals surface area (Å²) in [5.41, 5.74) is 0.841. The number of aliphatic carboxylic acids is 1. The van der Waals surface area contributed by atoms with Crippen molar-refractivity contribution < 1.29 is 19.1 Å². The molecule has 0 bridgehead atoms. The van der Waals surface area contributed by atoms with Crippen molar-refractivity contribution in [3.8, 4) is 0 Å². The number of carbonyl (C=O) groups excluding carboxylic acids is 1. The molecule has 0 heterocycles. The third-order valence-corrected chi connectivity index (χ3v) is 4.86. The lowest BCUT2D eigenvalue weighted by Crippen LogP contribution is -2.47. The quantitative estimate of drug-likeness (QED) is 0.664. The van der Waals surface area contributed by atoms with Crippen molar-refractivity contribution in [2.75, 3.05) is 0 Å². The van der Waals surface area contributed by atoms with Crippen molar-refractivity contribution in [3.05, 3.63) is 71.5 Å². The van der Waals surface area contributed by atoms with Crippen LogP contribution in [-0.2, 0) is 16.8 Å². The first-order chi connectivity index (χ1) is 13.0. The summed E-state index contributed by atoms with van der Waals surface area (Å²) in [4.78, 5) is 23.5. The molecule has 2 amide bonds. The van der Waals surface area contributed by atoms with Crippen LogP contribution in [0.25, 0.3) is 0 Å². The Labute approximate surface area is 157 Å². The number of hydrogen-bond acceptors (Lipinski definition) is 2. The van der Waals surface area contributed by atoms with Gasteiger partial charge in [0.25, 0.3) is 0 Å². The molecule has 0 spiro atoms. The zero-order valence-corrected chi connectivity index (χ0v) is 15.0. The molecule has 0 saturated heterocycles. The first-order valence-electron chi connectivity index (χ1n) is 9.08. The van der Waals surface area contributed by atoms with Crippen molar-refractivity contribution in [1.82, 2.24) is 10.6 Å². The predicted octanol–water partition coefficient (Wildman–Crippen LogP) is 3.59. The Kier molecular flexibility index (Phi) is 5.74. The molecule has 0 aliphatic heterocycles. The first kappa shape index (κ1) is 18.9. The maximum absolute atomic E-state index is 14.1. The highest BCUT2D eigenvalue weighted by atomic mass is 19.1.